The Kier molecular flexibility index (Phi) is 7.80. The standard InChI is InChI=1S/C14H25N2O2P/c1-3-5-12-15-19(17,16-13-6-4-2)18-14-10-8-7-9-11-14/h7-11H,3-6,12-13H2,1-2H3,(H2,15,16,17). The molecule has 0 unspecified atom stereocenters. The van der Waals surface area contributed by atoms with Gasteiger partial charge in [0.2, 0.25) is 0 Å². The van der Waals surface area contributed by atoms with Gasteiger partial charge in [-0.3, -0.25) is 0 Å². The molecule has 5 heteroatoms. The second-order valence-electron chi connectivity index (χ2n) is 4.48. The third-order valence-electron chi connectivity index (χ3n) is 2.68. The Morgan fingerprint density at radius 1 is 1.00 bits per heavy atom. The van der Waals surface area contributed by atoms with Crippen LogP contribution in [-0.2, 0) is 4.57 Å². The second kappa shape index (κ2) is 9.13. The van der Waals surface area contributed by atoms with Crippen molar-refractivity contribution < 1.29 is 9.09 Å². The normalized spacial score (nSPS) is 11.5. The Hall–Kier alpha value is -0.830. The fourth-order valence-corrected chi connectivity index (χ4v) is 3.12. The SMILES string of the molecule is CCCCNP(=O)(NCCCC)Oc1ccccc1. The van der Waals surface area contributed by atoms with Crippen LogP contribution in [0.25, 0.3) is 0 Å². The van der Waals surface area contributed by atoms with Gasteiger partial charge in [0.25, 0.3) is 0 Å². The van der Waals surface area contributed by atoms with E-state index >= 15 is 0 Å². The van der Waals surface area contributed by atoms with Gasteiger partial charge in [-0.05, 0) is 25.0 Å². The van der Waals surface area contributed by atoms with Crippen molar-refractivity contribution in [2.45, 2.75) is 39.5 Å². The minimum atomic E-state index is -3.00. The van der Waals surface area contributed by atoms with Gasteiger partial charge in [0, 0.05) is 13.1 Å². The van der Waals surface area contributed by atoms with Crippen molar-refractivity contribution in [1.29, 1.82) is 0 Å². The Morgan fingerprint density at radius 3 is 2.00 bits per heavy atom. The summed E-state index contributed by atoms with van der Waals surface area (Å²) in [5, 5.41) is 6.05. The number of rotatable bonds is 10. The van der Waals surface area contributed by atoms with Crippen LogP contribution >= 0.6 is 7.67 Å². The number of hydrogen-bond acceptors (Lipinski definition) is 2. The lowest BCUT2D eigenvalue weighted by Crippen LogP contribution is -2.27. The first-order chi connectivity index (χ1) is 9.20. The molecule has 0 heterocycles. The summed E-state index contributed by atoms with van der Waals surface area (Å²) < 4.78 is 18.3. The highest BCUT2D eigenvalue weighted by Gasteiger charge is 2.22. The van der Waals surface area contributed by atoms with E-state index in [1.54, 1.807) is 0 Å². The smallest absolute Gasteiger partial charge is 0.390 e. The molecule has 0 saturated carbocycles. The second-order valence-corrected chi connectivity index (χ2v) is 6.40. The number of benzene rings is 1. The molecule has 2 N–H and O–H groups in total. The van der Waals surface area contributed by atoms with E-state index in [2.05, 4.69) is 24.0 Å². The highest BCUT2D eigenvalue weighted by molar-refractivity contribution is 7.55. The van der Waals surface area contributed by atoms with Crippen molar-refractivity contribution in [3.63, 3.8) is 0 Å². The molecule has 1 aromatic carbocycles. The van der Waals surface area contributed by atoms with Gasteiger partial charge in [-0.2, -0.15) is 0 Å². The summed E-state index contributed by atoms with van der Waals surface area (Å²) in [5.41, 5.74) is 0. The van der Waals surface area contributed by atoms with Crippen molar-refractivity contribution in [3.8, 4) is 5.75 Å². The predicted octanol–water partition coefficient (Wildman–Crippen LogP) is 3.95. The van der Waals surface area contributed by atoms with Crippen molar-refractivity contribution in [1.82, 2.24) is 10.2 Å². The maximum Gasteiger partial charge on any atom is 0.390 e. The van der Waals surface area contributed by atoms with Crippen LogP contribution in [-0.4, -0.2) is 13.1 Å². The Bertz CT molecular complexity index is 370. The quantitative estimate of drug-likeness (QED) is 0.504. The van der Waals surface area contributed by atoms with Crippen molar-refractivity contribution in [2.75, 3.05) is 13.1 Å². The molecule has 0 bridgehead atoms. The van der Waals surface area contributed by atoms with Crippen LogP contribution in [0.15, 0.2) is 30.3 Å². The van der Waals surface area contributed by atoms with Crippen LogP contribution in [0, 0.1) is 0 Å². The first-order valence-corrected chi connectivity index (χ1v) is 8.67. The van der Waals surface area contributed by atoms with Gasteiger partial charge in [-0.25, -0.2) is 14.7 Å². The van der Waals surface area contributed by atoms with E-state index < -0.39 is 7.67 Å². The Balaban J connectivity index is 2.59. The molecular formula is C14H25N2O2P. The molecule has 4 nitrogen and oxygen atoms in total. The molecule has 19 heavy (non-hydrogen) atoms. The van der Waals surface area contributed by atoms with E-state index in [4.69, 9.17) is 4.52 Å². The monoisotopic (exact) mass is 284 g/mol. The highest BCUT2D eigenvalue weighted by atomic mass is 31.2. The predicted molar refractivity (Wildman–Crippen MR) is 80.5 cm³/mol. The average Bonchev–Trinajstić information content (AvgIpc) is 2.40. The summed E-state index contributed by atoms with van der Waals surface area (Å²) in [6.45, 7) is 5.60. The van der Waals surface area contributed by atoms with Gasteiger partial charge in [0.1, 0.15) is 5.75 Å². The van der Waals surface area contributed by atoms with Crippen LogP contribution < -0.4 is 14.7 Å². The number of nitrogens with one attached hydrogen (secondary N) is 2. The molecule has 0 atom stereocenters. The van der Waals surface area contributed by atoms with Gasteiger partial charge >= 0.3 is 7.67 Å². The zero-order valence-corrected chi connectivity index (χ0v) is 12.8. The first kappa shape index (κ1) is 16.2. The van der Waals surface area contributed by atoms with Gasteiger partial charge < -0.3 is 4.52 Å². The van der Waals surface area contributed by atoms with Gasteiger partial charge in [-0.15, -0.1) is 0 Å². The minimum absolute atomic E-state index is 0.624. The van der Waals surface area contributed by atoms with Crippen LogP contribution in [0.5, 0.6) is 5.75 Å². The lowest BCUT2D eigenvalue weighted by atomic mass is 10.3. The fraction of sp³-hybridized carbons (Fsp3) is 0.571. The molecule has 0 fully saturated rings. The fourth-order valence-electron chi connectivity index (χ4n) is 1.56. The molecule has 0 saturated heterocycles. The first-order valence-electron chi connectivity index (χ1n) is 7.05. The molecule has 0 aromatic heterocycles. The topological polar surface area (TPSA) is 50.4 Å². The van der Waals surface area contributed by atoms with E-state index in [1.165, 1.54) is 0 Å². The summed E-state index contributed by atoms with van der Waals surface area (Å²) in [5.74, 6) is 0.624. The third kappa shape index (κ3) is 6.76. The number of para-hydroxylation sites is 1. The molecule has 0 radical (unpaired) electrons. The summed E-state index contributed by atoms with van der Waals surface area (Å²) >= 11 is 0. The van der Waals surface area contributed by atoms with Crippen LogP contribution in [0.2, 0.25) is 0 Å². The lowest BCUT2D eigenvalue weighted by Gasteiger charge is -2.21. The van der Waals surface area contributed by atoms with E-state index in [-0.39, 0.29) is 0 Å². The largest absolute Gasteiger partial charge is 0.422 e. The zero-order chi connectivity index (χ0) is 14.0. The third-order valence-corrected chi connectivity index (χ3v) is 4.43. The van der Waals surface area contributed by atoms with Crippen LogP contribution in [0.4, 0.5) is 0 Å². The van der Waals surface area contributed by atoms with E-state index in [9.17, 15) is 4.57 Å². The summed E-state index contributed by atoms with van der Waals surface area (Å²) in [7, 11) is -3.00. The number of unbranched alkanes of at least 4 members (excludes halogenated alkanes) is 2. The maximum atomic E-state index is 12.7. The van der Waals surface area contributed by atoms with Crippen molar-refractivity contribution in [3.05, 3.63) is 30.3 Å². The van der Waals surface area contributed by atoms with Crippen molar-refractivity contribution in [2.24, 2.45) is 0 Å². The van der Waals surface area contributed by atoms with E-state index in [0.29, 0.717) is 18.8 Å². The van der Waals surface area contributed by atoms with Gasteiger partial charge in [-0.1, -0.05) is 44.9 Å². The summed E-state index contributed by atoms with van der Waals surface area (Å²) in [4.78, 5) is 0. The molecule has 0 aliphatic rings. The molecule has 1 aromatic rings. The average molecular weight is 284 g/mol. The zero-order valence-electron chi connectivity index (χ0n) is 11.9. The molecule has 0 amide bonds. The molecule has 0 aliphatic carbocycles. The number of hydrogen-bond donors (Lipinski definition) is 2. The van der Waals surface area contributed by atoms with E-state index in [1.807, 2.05) is 30.3 Å². The lowest BCUT2D eigenvalue weighted by molar-refractivity contribution is 0.449. The van der Waals surface area contributed by atoms with Crippen LogP contribution in [0.1, 0.15) is 39.5 Å². The molecule has 1 rings (SSSR count). The Morgan fingerprint density at radius 2 is 1.53 bits per heavy atom. The minimum Gasteiger partial charge on any atom is -0.422 e. The van der Waals surface area contributed by atoms with Gasteiger partial charge in [0.05, 0.1) is 0 Å². The van der Waals surface area contributed by atoms with Gasteiger partial charge in [0.15, 0.2) is 0 Å². The van der Waals surface area contributed by atoms with Crippen molar-refractivity contribution >= 4 is 7.67 Å². The summed E-state index contributed by atoms with van der Waals surface area (Å²) in [6, 6.07) is 9.29. The maximum absolute atomic E-state index is 12.7. The van der Waals surface area contributed by atoms with E-state index in [0.717, 1.165) is 25.7 Å². The molecule has 108 valence electrons. The highest BCUT2D eigenvalue weighted by Crippen LogP contribution is 2.38. The Labute approximate surface area is 116 Å². The van der Waals surface area contributed by atoms with Crippen LogP contribution in [0.3, 0.4) is 0 Å². The molecule has 0 aliphatic heterocycles. The molecular weight excluding hydrogens is 259 g/mol. The summed E-state index contributed by atoms with van der Waals surface area (Å²) in [6.07, 6.45) is 4.09. The molecule has 0 spiro atoms.